The Labute approximate surface area is 126 Å². The lowest BCUT2D eigenvalue weighted by Gasteiger charge is -2.24. The standard InChI is InChI=1S/C15H23NO4S/c1-5-21(18,19)16-13(14(17)20-15(2,3)4)11-12-9-7-6-8-10-12/h6-10,13,16H,5,11H2,1-4H3/t13-/m1/s1. The molecule has 0 saturated carbocycles. The molecule has 21 heavy (non-hydrogen) atoms. The van der Waals surface area contributed by atoms with Gasteiger partial charge in [-0.2, -0.15) is 0 Å². The Hall–Kier alpha value is -1.40. The lowest BCUT2D eigenvalue weighted by molar-refractivity contribution is -0.156. The molecule has 6 heteroatoms. The Morgan fingerprint density at radius 3 is 2.29 bits per heavy atom. The predicted molar refractivity (Wildman–Crippen MR) is 82.4 cm³/mol. The van der Waals surface area contributed by atoms with E-state index in [2.05, 4.69) is 4.72 Å². The molecule has 0 radical (unpaired) electrons. The maximum atomic E-state index is 12.2. The second kappa shape index (κ2) is 7.04. The van der Waals surface area contributed by atoms with Gasteiger partial charge in [-0.25, -0.2) is 13.1 Å². The highest BCUT2D eigenvalue weighted by atomic mass is 32.2. The fraction of sp³-hybridized carbons (Fsp3) is 0.533. The molecule has 1 rings (SSSR count). The van der Waals surface area contributed by atoms with Gasteiger partial charge in [-0.3, -0.25) is 4.79 Å². The molecule has 0 aliphatic rings. The summed E-state index contributed by atoms with van der Waals surface area (Å²) >= 11 is 0. The van der Waals surface area contributed by atoms with Crippen molar-refractivity contribution in [3.05, 3.63) is 35.9 Å². The van der Waals surface area contributed by atoms with Crippen LogP contribution in [0.3, 0.4) is 0 Å². The van der Waals surface area contributed by atoms with E-state index in [0.29, 0.717) is 0 Å². The molecule has 1 atom stereocenters. The molecule has 1 N–H and O–H groups in total. The summed E-state index contributed by atoms with van der Waals surface area (Å²) in [5.41, 5.74) is 0.205. The third-order valence-corrected chi connectivity index (χ3v) is 4.08. The van der Waals surface area contributed by atoms with Gasteiger partial charge in [-0.1, -0.05) is 30.3 Å². The van der Waals surface area contributed by atoms with E-state index in [1.54, 1.807) is 20.8 Å². The van der Waals surface area contributed by atoms with Crippen molar-refractivity contribution in [1.29, 1.82) is 0 Å². The zero-order valence-electron chi connectivity index (χ0n) is 12.9. The molecular weight excluding hydrogens is 290 g/mol. The lowest BCUT2D eigenvalue weighted by atomic mass is 10.1. The molecule has 1 aromatic rings. The first-order chi connectivity index (χ1) is 9.63. The number of esters is 1. The molecule has 5 nitrogen and oxygen atoms in total. The number of sulfonamides is 1. The van der Waals surface area contributed by atoms with E-state index >= 15 is 0 Å². The molecule has 0 unspecified atom stereocenters. The highest BCUT2D eigenvalue weighted by molar-refractivity contribution is 7.89. The van der Waals surface area contributed by atoms with E-state index in [-0.39, 0.29) is 12.2 Å². The molecular formula is C15H23NO4S. The summed E-state index contributed by atoms with van der Waals surface area (Å²) in [5.74, 6) is -0.649. The summed E-state index contributed by atoms with van der Waals surface area (Å²) in [6.45, 7) is 6.77. The number of nitrogens with one attached hydrogen (secondary N) is 1. The van der Waals surface area contributed by atoms with Gasteiger partial charge in [0.05, 0.1) is 5.75 Å². The van der Waals surface area contributed by atoms with Gasteiger partial charge in [-0.05, 0) is 39.7 Å². The van der Waals surface area contributed by atoms with Crippen molar-refractivity contribution >= 4 is 16.0 Å². The van der Waals surface area contributed by atoms with Gasteiger partial charge in [0.1, 0.15) is 11.6 Å². The van der Waals surface area contributed by atoms with Crippen LogP contribution in [0.2, 0.25) is 0 Å². The number of benzene rings is 1. The maximum Gasteiger partial charge on any atom is 0.325 e. The number of carbonyl (C=O) groups is 1. The average molecular weight is 313 g/mol. The van der Waals surface area contributed by atoms with Gasteiger partial charge in [0.15, 0.2) is 0 Å². The predicted octanol–water partition coefficient (Wildman–Crippen LogP) is 1.88. The first kappa shape index (κ1) is 17.7. The summed E-state index contributed by atoms with van der Waals surface area (Å²) in [5, 5.41) is 0. The quantitative estimate of drug-likeness (QED) is 0.814. The zero-order valence-corrected chi connectivity index (χ0v) is 13.7. The Bertz CT molecular complexity index is 561. The second-order valence-electron chi connectivity index (χ2n) is 5.80. The van der Waals surface area contributed by atoms with Crippen molar-refractivity contribution in [3.63, 3.8) is 0 Å². The molecule has 0 aliphatic heterocycles. The van der Waals surface area contributed by atoms with Gasteiger partial charge in [0.2, 0.25) is 10.0 Å². The fourth-order valence-electron chi connectivity index (χ4n) is 1.70. The smallest absolute Gasteiger partial charge is 0.325 e. The van der Waals surface area contributed by atoms with Gasteiger partial charge in [0.25, 0.3) is 0 Å². The van der Waals surface area contributed by atoms with Crippen LogP contribution in [0, 0.1) is 0 Å². The molecule has 0 aliphatic carbocycles. The number of hydrogen-bond acceptors (Lipinski definition) is 4. The maximum absolute atomic E-state index is 12.2. The van der Waals surface area contributed by atoms with Gasteiger partial charge >= 0.3 is 5.97 Å². The number of rotatable bonds is 6. The van der Waals surface area contributed by atoms with Crippen LogP contribution in [0.1, 0.15) is 33.3 Å². The Morgan fingerprint density at radius 2 is 1.81 bits per heavy atom. The van der Waals surface area contributed by atoms with Crippen molar-refractivity contribution in [1.82, 2.24) is 4.72 Å². The minimum atomic E-state index is -3.49. The topological polar surface area (TPSA) is 72.5 Å². The van der Waals surface area contributed by atoms with Crippen LogP contribution in [0.25, 0.3) is 0 Å². The van der Waals surface area contributed by atoms with Crippen molar-refractivity contribution in [2.45, 2.75) is 45.8 Å². The minimum absolute atomic E-state index is 0.0823. The van der Waals surface area contributed by atoms with Crippen molar-refractivity contribution in [2.75, 3.05) is 5.75 Å². The fourth-order valence-corrected chi connectivity index (χ4v) is 2.48. The van der Waals surface area contributed by atoms with E-state index in [1.165, 1.54) is 6.92 Å². The van der Waals surface area contributed by atoms with Crippen molar-refractivity contribution in [3.8, 4) is 0 Å². The number of ether oxygens (including phenoxy) is 1. The third-order valence-electron chi connectivity index (χ3n) is 2.68. The lowest BCUT2D eigenvalue weighted by Crippen LogP contribution is -2.45. The first-order valence-electron chi connectivity index (χ1n) is 6.90. The molecule has 1 aromatic carbocycles. The molecule has 0 heterocycles. The molecule has 0 spiro atoms. The Balaban J connectivity index is 2.92. The highest BCUT2D eigenvalue weighted by Gasteiger charge is 2.28. The highest BCUT2D eigenvalue weighted by Crippen LogP contribution is 2.12. The van der Waals surface area contributed by atoms with Crippen LogP contribution >= 0.6 is 0 Å². The summed E-state index contributed by atoms with van der Waals surface area (Å²) < 4.78 is 31.2. The Kier molecular flexibility index (Phi) is 5.92. The van der Waals surface area contributed by atoms with E-state index in [1.807, 2.05) is 30.3 Å². The molecule has 118 valence electrons. The van der Waals surface area contributed by atoms with Crippen LogP contribution < -0.4 is 4.72 Å². The largest absolute Gasteiger partial charge is 0.459 e. The molecule has 0 bridgehead atoms. The number of hydrogen-bond donors (Lipinski definition) is 1. The van der Waals surface area contributed by atoms with Gasteiger partial charge in [-0.15, -0.1) is 0 Å². The summed E-state index contributed by atoms with van der Waals surface area (Å²) in [7, 11) is -3.49. The van der Waals surface area contributed by atoms with E-state index < -0.39 is 27.6 Å². The SMILES string of the molecule is CCS(=O)(=O)N[C@H](Cc1ccccc1)C(=O)OC(C)(C)C. The van der Waals surface area contributed by atoms with Gasteiger partial charge < -0.3 is 4.74 Å². The van der Waals surface area contributed by atoms with Crippen LogP contribution in [-0.2, 0) is 26.0 Å². The summed E-state index contributed by atoms with van der Waals surface area (Å²) in [4.78, 5) is 12.2. The molecule has 0 aromatic heterocycles. The van der Waals surface area contributed by atoms with Crippen LogP contribution in [0.4, 0.5) is 0 Å². The zero-order chi connectivity index (χ0) is 16.1. The molecule has 0 amide bonds. The van der Waals surface area contributed by atoms with E-state index in [4.69, 9.17) is 4.74 Å². The monoisotopic (exact) mass is 313 g/mol. The molecule has 0 fully saturated rings. The van der Waals surface area contributed by atoms with E-state index in [9.17, 15) is 13.2 Å². The first-order valence-corrected chi connectivity index (χ1v) is 8.55. The Morgan fingerprint density at radius 1 is 1.24 bits per heavy atom. The summed E-state index contributed by atoms with van der Waals surface area (Å²) in [6.07, 6.45) is 0.259. The van der Waals surface area contributed by atoms with Crippen LogP contribution in [0.15, 0.2) is 30.3 Å². The number of carbonyl (C=O) groups excluding carboxylic acids is 1. The molecule has 0 saturated heterocycles. The van der Waals surface area contributed by atoms with Crippen LogP contribution in [-0.4, -0.2) is 31.8 Å². The van der Waals surface area contributed by atoms with E-state index in [0.717, 1.165) is 5.56 Å². The third kappa shape index (κ3) is 6.73. The minimum Gasteiger partial charge on any atom is -0.459 e. The van der Waals surface area contributed by atoms with Crippen LogP contribution in [0.5, 0.6) is 0 Å². The van der Waals surface area contributed by atoms with Crippen molar-refractivity contribution in [2.24, 2.45) is 0 Å². The normalized spacial score (nSPS) is 13.7. The van der Waals surface area contributed by atoms with Gasteiger partial charge in [0, 0.05) is 0 Å². The average Bonchev–Trinajstić information content (AvgIpc) is 2.37. The van der Waals surface area contributed by atoms with Crippen molar-refractivity contribution < 1.29 is 17.9 Å². The summed E-state index contributed by atoms with van der Waals surface area (Å²) in [6, 6.07) is 8.32. The second-order valence-corrected chi connectivity index (χ2v) is 7.84.